The molecule has 0 aromatic carbocycles. The van der Waals surface area contributed by atoms with Crippen LogP contribution in [0.2, 0.25) is 0 Å². The summed E-state index contributed by atoms with van der Waals surface area (Å²) >= 11 is 0. The van der Waals surface area contributed by atoms with E-state index in [1.807, 2.05) is 16.7 Å². The van der Waals surface area contributed by atoms with E-state index in [0.717, 1.165) is 19.3 Å². The Bertz CT molecular complexity index is 760. The highest BCUT2D eigenvalue weighted by Crippen LogP contribution is 2.39. The maximum Gasteiger partial charge on any atom is 0.254 e. The summed E-state index contributed by atoms with van der Waals surface area (Å²) < 4.78 is 6.70. The van der Waals surface area contributed by atoms with Crippen LogP contribution < -0.4 is 5.56 Å². The summed E-state index contributed by atoms with van der Waals surface area (Å²) in [6, 6.07) is 3.16. The zero-order valence-corrected chi connectivity index (χ0v) is 16.3. The molecule has 1 aromatic rings. The van der Waals surface area contributed by atoms with Crippen LogP contribution in [0, 0.1) is 5.41 Å². The van der Waals surface area contributed by atoms with Gasteiger partial charge in [0.1, 0.15) is 0 Å². The van der Waals surface area contributed by atoms with E-state index >= 15 is 0 Å². The number of nitrogens with zero attached hydrogens (tertiary/aromatic N) is 3. The molecule has 27 heavy (non-hydrogen) atoms. The first-order chi connectivity index (χ1) is 13.0. The Balaban J connectivity index is 1.73. The molecule has 0 saturated carbocycles. The zero-order chi connectivity index (χ0) is 19.4. The fourth-order valence-corrected chi connectivity index (χ4v) is 4.31. The number of carbonyl (C=O) groups excluding carboxylic acids is 2. The molecule has 3 rings (SSSR count). The molecule has 2 aliphatic rings. The van der Waals surface area contributed by atoms with Crippen LogP contribution >= 0.6 is 0 Å². The molecule has 1 atom stereocenters. The zero-order valence-electron chi connectivity index (χ0n) is 16.3. The lowest BCUT2D eigenvalue weighted by Gasteiger charge is -2.48. The Morgan fingerprint density at radius 2 is 2.07 bits per heavy atom. The molecule has 2 aliphatic heterocycles. The Kier molecular flexibility index (Phi) is 5.99. The second kappa shape index (κ2) is 8.25. The first-order valence-corrected chi connectivity index (χ1v) is 9.74. The molecule has 2 amide bonds. The van der Waals surface area contributed by atoms with Gasteiger partial charge in [0.25, 0.3) is 11.5 Å². The minimum atomic E-state index is -0.149. The molecule has 0 aliphatic carbocycles. The number of rotatable bonds is 5. The summed E-state index contributed by atoms with van der Waals surface area (Å²) in [5, 5.41) is 0. The third-order valence-corrected chi connectivity index (χ3v) is 5.85. The van der Waals surface area contributed by atoms with E-state index in [2.05, 4.69) is 0 Å². The molecule has 7 heteroatoms. The van der Waals surface area contributed by atoms with Crippen molar-refractivity contribution < 1.29 is 14.3 Å². The lowest BCUT2D eigenvalue weighted by molar-refractivity contribution is -0.139. The first kappa shape index (κ1) is 19.6. The number of methoxy groups -OCH3 is 1. The Hall–Kier alpha value is -2.15. The summed E-state index contributed by atoms with van der Waals surface area (Å²) in [4.78, 5) is 41.0. The van der Waals surface area contributed by atoms with Crippen molar-refractivity contribution >= 4 is 11.8 Å². The van der Waals surface area contributed by atoms with Gasteiger partial charge in [-0.2, -0.15) is 0 Å². The van der Waals surface area contributed by atoms with E-state index in [0.29, 0.717) is 51.3 Å². The van der Waals surface area contributed by atoms with Crippen molar-refractivity contribution in [2.45, 2.75) is 39.2 Å². The fourth-order valence-electron chi connectivity index (χ4n) is 4.31. The second-order valence-corrected chi connectivity index (χ2v) is 7.68. The number of aryl methyl sites for hydroxylation is 1. The normalized spacial score (nSPS) is 23.1. The number of piperidine rings is 2. The Morgan fingerprint density at radius 3 is 2.78 bits per heavy atom. The standard InChI is InChI=1S/C20H29N3O4/c1-3-21-10-6-16(13-18(21)25)19(26)23-9-4-7-20(15-23)8-5-17(24)22(14-20)11-12-27-2/h6,10,13H,3-5,7-9,11-12,14-15H2,1-2H3. The van der Waals surface area contributed by atoms with Gasteiger partial charge in [-0.25, -0.2) is 0 Å². The number of amides is 2. The number of hydrogen-bond donors (Lipinski definition) is 0. The van der Waals surface area contributed by atoms with Crippen molar-refractivity contribution in [3.63, 3.8) is 0 Å². The van der Waals surface area contributed by atoms with Gasteiger partial charge in [0.2, 0.25) is 5.91 Å². The smallest absolute Gasteiger partial charge is 0.254 e. The maximum absolute atomic E-state index is 13.0. The summed E-state index contributed by atoms with van der Waals surface area (Å²) in [5.74, 6) is 0.0825. The van der Waals surface area contributed by atoms with Crippen molar-refractivity contribution in [1.82, 2.24) is 14.4 Å². The second-order valence-electron chi connectivity index (χ2n) is 7.68. The number of aromatic nitrogens is 1. The summed E-state index contributed by atoms with van der Waals surface area (Å²) in [7, 11) is 1.64. The molecule has 148 valence electrons. The molecule has 1 unspecified atom stereocenters. The van der Waals surface area contributed by atoms with Crippen molar-refractivity contribution in [2.75, 3.05) is 39.9 Å². The van der Waals surface area contributed by atoms with Gasteiger partial charge >= 0.3 is 0 Å². The molecule has 0 N–H and O–H groups in total. The van der Waals surface area contributed by atoms with Crippen molar-refractivity contribution in [3.8, 4) is 0 Å². The van der Waals surface area contributed by atoms with Crippen LogP contribution in [0.5, 0.6) is 0 Å². The van der Waals surface area contributed by atoms with E-state index in [1.54, 1.807) is 23.9 Å². The highest BCUT2D eigenvalue weighted by Gasteiger charge is 2.42. The van der Waals surface area contributed by atoms with Crippen LogP contribution in [0.25, 0.3) is 0 Å². The highest BCUT2D eigenvalue weighted by atomic mass is 16.5. The molecule has 1 aromatic heterocycles. The highest BCUT2D eigenvalue weighted by molar-refractivity contribution is 5.94. The van der Waals surface area contributed by atoms with Gasteiger partial charge in [0.15, 0.2) is 0 Å². The van der Waals surface area contributed by atoms with Crippen LogP contribution in [0.1, 0.15) is 43.0 Å². The largest absolute Gasteiger partial charge is 0.383 e. The van der Waals surface area contributed by atoms with Crippen molar-refractivity contribution in [1.29, 1.82) is 0 Å². The van der Waals surface area contributed by atoms with Crippen LogP contribution in [0.4, 0.5) is 0 Å². The number of likely N-dealkylation sites (tertiary alicyclic amines) is 2. The molecule has 0 bridgehead atoms. The molecule has 2 fully saturated rings. The van der Waals surface area contributed by atoms with Gasteiger partial charge in [0.05, 0.1) is 6.61 Å². The van der Waals surface area contributed by atoms with E-state index in [9.17, 15) is 14.4 Å². The van der Waals surface area contributed by atoms with Gasteiger partial charge in [-0.1, -0.05) is 0 Å². The van der Waals surface area contributed by atoms with Gasteiger partial charge in [-0.3, -0.25) is 14.4 Å². The predicted molar refractivity (Wildman–Crippen MR) is 102 cm³/mol. The molecule has 7 nitrogen and oxygen atoms in total. The lowest BCUT2D eigenvalue weighted by Crippen LogP contribution is -2.55. The molecule has 2 saturated heterocycles. The number of ether oxygens (including phenoxy) is 1. The van der Waals surface area contributed by atoms with E-state index in [4.69, 9.17) is 4.74 Å². The summed E-state index contributed by atoms with van der Waals surface area (Å²) in [5.41, 5.74) is 0.252. The quantitative estimate of drug-likeness (QED) is 0.779. The molecule has 1 spiro atoms. The number of carbonyl (C=O) groups is 2. The number of hydrogen-bond acceptors (Lipinski definition) is 4. The molecule has 0 radical (unpaired) electrons. The average molecular weight is 375 g/mol. The van der Waals surface area contributed by atoms with E-state index in [1.165, 1.54) is 6.07 Å². The summed E-state index contributed by atoms with van der Waals surface area (Å²) in [6.07, 6.45) is 4.96. The van der Waals surface area contributed by atoms with Gasteiger partial charge in [-0.05, 0) is 32.3 Å². The maximum atomic E-state index is 13.0. The van der Waals surface area contributed by atoms with Gasteiger partial charge in [0, 0.05) is 69.5 Å². The van der Waals surface area contributed by atoms with Gasteiger partial charge in [-0.15, -0.1) is 0 Å². The van der Waals surface area contributed by atoms with Gasteiger partial charge < -0.3 is 19.1 Å². The van der Waals surface area contributed by atoms with Crippen LogP contribution in [-0.2, 0) is 16.1 Å². The SMILES string of the molecule is CCn1ccc(C(=O)N2CCCC3(CCC(=O)N(CCOC)C3)C2)cc1=O. The summed E-state index contributed by atoms with van der Waals surface area (Å²) in [6.45, 7) is 5.63. The third-order valence-electron chi connectivity index (χ3n) is 5.85. The van der Waals surface area contributed by atoms with Crippen molar-refractivity contribution in [3.05, 3.63) is 34.2 Å². The molecule has 3 heterocycles. The van der Waals surface area contributed by atoms with Crippen LogP contribution in [0.3, 0.4) is 0 Å². The molecular weight excluding hydrogens is 346 g/mol. The van der Waals surface area contributed by atoms with Crippen molar-refractivity contribution in [2.24, 2.45) is 5.41 Å². The fraction of sp³-hybridized carbons (Fsp3) is 0.650. The minimum absolute atomic E-state index is 0.0477. The van der Waals surface area contributed by atoms with Crippen LogP contribution in [0.15, 0.2) is 23.1 Å². The van der Waals surface area contributed by atoms with E-state index < -0.39 is 0 Å². The van der Waals surface area contributed by atoms with E-state index in [-0.39, 0.29) is 22.8 Å². The third kappa shape index (κ3) is 4.24. The average Bonchev–Trinajstić information content (AvgIpc) is 2.68. The number of pyridine rings is 1. The monoisotopic (exact) mass is 375 g/mol. The Morgan fingerprint density at radius 1 is 1.26 bits per heavy atom. The lowest BCUT2D eigenvalue weighted by atomic mass is 9.73. The predicted octanol–water partition coefficient (Wildman–Crippen LogP) is 1.36. The topological polar surface area (TPSA) is 71.8 Å². The molecular formula is C20H29N3O4. The van der Waals surface area contributed by atoms with Crippen LogP contribution in [-0.4, -0.2) is 66.1 Å². The minimum Gasteiger partial charge on any atom is -0.383 e. The first-order valence-electron chi connectivity index (χ1n) is 9.74. The Labute approximate surface area is 159 Å².